The van der Waals surface area contributed by atoms with Gasteiger partial charge in [-0.05, 0) is 74.8 Å². The Morgan fingerprint density at radius 1 is 1.05 bits per heavy atom. The predicted molar refractivity (Wildman–Crippen MR) is 103 cm³/mol. The van der Waals surface area contributed by atoms with Gasteiger partial charge in [-0.15, -0.1) is 0 Å². The zero-order valence-corrected chi connectivity index (χ0v) is 15.7. The molecule has 0 aliphatic carbocycles. The van der Waals surface area contributed by atoms with E-state index in [4.69, 9.17) is 12.2 Å². The van der Waals surface area contributed by atoms with E-state index in [-0.39, 0.29) is 6.04 Å². The number of nitrogens with one attached hydrogen (secondary N) is 2. The van der Waals surface area contributed by atoms with Gasteiger partial charge in [0, 0.05) is 10.2 Å². The first kappa shape index (κ1) is 17.0. The highest BCUT2D eigenvalue weighted by atomic mass is 79.9. The van der Waals surface area contributed by atoms with Crippen molar-refractivity contribution in [2.75, 3.05) is 5.32 Å². The van der Waals surface area contributed by atoms with Crippen molar-refractivity contribution in [2.24, 2.45) is 0 Å². The summed E-state index contributed by atoms with van der Waals surface area (Å²) in [4.78, 5) is 0. The summed E-state index contributed by atoms with van der Waals surface area (Å²) in [7, 11) is 0. The van der Waals surface area contributed by atoms with Crippen LogP contribution in [0, 0.1) is 20.8 Å². The van der Waals surface area contributed by atoms with Crippen LogP contribution in [-0.4, -0.2) is 5.11 Å². The second-order valence-electron chi connectivity index (χ2n) is 5.64. The van der Waals surface area contributed by atoms with E-state index in [2.05, 4.69) is 78.5 Å². The maximum Gasteiger partial charge on any atom is 0.171 e. The molecule has 0 heterocycles. The number of benzene rings is 2. The summed E-state index contributed by atoms with van der Waals surface area (Å²) in [5, 5.41) is 7.22. The smallest absolute Gasteiger partial charge is 0.171 e. The van der Waals surface area contributed by atoms with Crippen LogP contribution in [-0.2, 0) is 0 Å². The summed E-state index contributed by atoms with van der Waals surface area (Å²) in [5.41, 5.74) is 5.99. The van der Waals surface area contributed by atoms with Crippen molar-refractivity contribution >= 4 is 38.9 Å². The fourth-order valence-electron chi connectivity index (χ4n) is 2.48. The number of rotatable bonds is 3. The molecule has 0 saturated carbocycles. The summed E-state index contributed by atoms with van der Waals surface area (Å²) >= 11 is 8.93. The predicted octanol–water partition coefficient (Wildman–Crippen LogP) is 5.42. The van der Waals surface area contributed by atoms with Crippen LogP contribution in [0.25, 0.3) is 0 Å². The molecular weight excluding hydrogens is 356 g/mol. The van der Waals surface area contributed by atoms with Gasteiger partial charge in [0.05, 0.1) is 6.04 Å². The Morgan fingerprint density at radius 2 is 1.77 bits per heavy atom. The molecule has 2 aromatic rings. The normalized spacial score (nSPS) is 11.9. The highest BCUT2D eigenvalue weighted by Crippen LogP contribution is 2.21. The molecule has 0 radical (unpaired) electrons. The van der Waals surface area contributed by atoms with Crippen LogP contribution < -0.4 is 10.6 Å². The summed E-state index contributed by atoms with van der Waals surface area (Å²) in [6, 6.07) is 12.8. The lowest BCUT2D eigenvalue weighted by Gasteiger charge is -2.19. The van der Waals surface area contributed by atoms with E-state index >= 15 is 0 Å². The summed E-state index contributed by atoms with van der Waals surface area (Å²) in [5.74, 6) is 0. The van der Waals surface area contributed by atoms with E-state index in [0.717, 1.165) is 10.2 Å². The fourth-order valence-corrected chi connectivity index (χ4v) is 3.02. The summed E-state index contributed by atoms with van der Waals surface area (Å²) in [6.07, 6.45) is 0. The van der Waals surface area contributed by atoms with Crippen molar-refractivity contribution in [2.45, 2.75) is 33.7 Å². The first-order chi connectivity index (χ1) is 10.4. The van der Waals surface area contributed by atoms with Crippen LogP contribution in [0.5, 0.6) is 0 Å². The molecule has 2 rings (SSSR count). The van der Waals surface area contributed by atoms with E-state index in [1.165, 1.54) is 22.3 Å². The van der Waals surface area contributed by atoms with E-state index in [0.29, 0.717) is 5.11 Å². The van der Waals surface area contributed by atoms with Gasteiger partial charge in [0.1, 0.15) is 0 Å². The number of halogens is 1. The average Bonchev–Trinajstić information content (AvgIpc) is 2.42. The van der Waals surface area contributed by atoms with Crippen molar-refractivity contribution < 1.29 is 0 Å². The number of hydrogen-bond donors (Lipinski definition) is 2. The lowest BCUT2D eigenvalue weighted by atomic mass is 10.0. The minimum atomic E-state index is 0.164. The third-order valence-electron chi connectivity index (χ3n) is 3.66. The van der Waals surface area contributed by atoms with Gasteiger partial charge in [-0.1, -0.05) is 39.7 Å². The second kappa shape index (κ2) is 7.25. The Hall–Kier alpha value is -1.39. The third-order valence-corrected chi connectivity index (χ3v) is 4.76. The van der Waals surface area contributed by atoms with Crippen molar-refractivity contribution in [3.05, 3.63) is 63.1 Å². The molecule has 2 nitrogen and oxygen atoms in total. The van der Waals surface area contributed by atoms with Crippen molar-refractivity contribution in [1.29, 1.82) is 0 Å². The van der Waals surface area contributed by atoms with Gasteiger partial charge in [0.25, 0.3) is 0 Å². The molecule has 4 heteroatoms. The Morgan fingerprint density at radius 3 is 2.41 bits per heavy atom. The number of aryl methyl sites for hydroxylation is 3. The van der Waals surface area contributed by atoms with Gasteiger partial charge in [0.15, 0.2) is 5.11 Å². The molecule has 1 atom stereocenters. The van der Waals surface area contributed by atoms with Gasteiger partial charge >= 0.3 is 0 Å². The molecule has 0 spiro atoms. The molecular formula is C18H21BrN2S. The van der Waals surface area contributed by atoms with Crippen LogP contribution in [0.2, 0.25) is 0 Å². The Balaban J connectivity index is 2.03. The van der Waals surface area contributed by atoms with Gasteiger partial charge in [-0.25, -0.2) is 0 Å². The van der Waals surface area contributed by atoms with Crippen LogP contribution >= 0.6 is 28.1 Å². The molecule has 116 valence electrons. The molecule has 0 aliphatic heterocycles. The molecule has 0 saturated heterocycles. The highest BCUT2D eigenvalue weighted by molar-refractivity contribution is 9.10. The summed E-state index contributed by atoms with van der Waals surface area (Å²) < 4.78 is 1.10. The van der Waals surface area contributed by atoms with Gasteiger partial charge < -0.3 is 10.6 Å². The molecule has 0 amide bonds. The van der Waals surface area contributed by atoms with Gasteiger partial charge in [-0.3, -0.25) is 0 Å². The van der Waals surface area contributed by atoms with Crippen molar-refractivity contribution in [3.8, 4) is 0 Å². The Kier molecular flexibility index (Phi) is 5.59. The topological polar surface area (TPSA) is 24.1 Å². The molecule has 22 heavy (non-hydrogen) atoms. The molecule has 0 fully saturated rings. The molecule has 0 bridgehead atoms. The van der Waals surface area contributed by atoms with E-state index < -0.39 is 0 Å². The summed E-state index contributed by atoms with van der Waals surface area (Å²) in [6.45, 7) is 8.43. The highest BCUT2D eigenvalue weighted by Gasteiger charge is 2.10. The maximum atomic E-state index is 5.42. The Bertz CT molecular complexity index is 697. The zero-order valence-electron chi connectivity index (χ0n) is 13.3. The molecule has 0 aromatic heterocycles. The van der Waals surface area contributed by atoms with E-state index in [9.17, 15) is 0 Å². The fraction of sp³-hybridized carbons (Fsp3) is 0.278. The number of thiocarbonyl (C=S) groups is 1. The lowest BCUT2D eigenvalue weighted by molar-refractivity contribution is 0.717. The lowest BCUT2D eigenvalue weighted by Crippen LogP contribution is -2.31. The molecule has 2 N–H and O–H groups in total. The largest absolute Gasteiger partial charge is 0.356 e. The molecule has 0 unspecified atom stereocenters. The van der Waals surface area contributed by atoms with Crippen LogP contribution in [0.4, 0.5) is 5.69 Å². The van der Waals surface area contributed by atoms with Crippen LogP contribution in [0.15, 0.2) is 40.9 Å². The van der Waals surface area contributed by atoms with Gasteiger partial charge in [-0.2, -0.15) is 0 Å². The molecule has 2 aromatic carbocycles. The third kappa shape index (κ3) is 4.31. The minimum absolute atomic E-state index is 0.164. The van der Waals surface area contributed by atoms with Crippen molar-refractivity contribution in [3.63, 3.8) is 0 Å². The standard InChI is InChI=1S/C18H21BrN2S/c1-11-5-7-16(12(2)9-11)14(4)20-18(22)21-15-6-8-17(19)13(3)10-15/h5-10,14H,1-4H3,(H2,20,21,22)/t14-/m0/s1. The first-order valence-corrected chi connectivity index (χ1v) is 8.48. The van der Waals surface area contributed by atoms with Crippen molar-refractivity contribution in [1.82, 2.24) is 5.32 Å². The monoisotopic (exact) mass is 376 g/mol. The second-order valence-corrected chi connectivity index (χ2v) is 6.91. The van der Waals surface area contributed by atoms with Crippen LogP contribution in [0.1, 0.15) is 35.2 Å². The van der Waals surface area contributed by atoms with Gasteiger partial charge in [0.2, 0.25) is 0 Å². The number of anilines is 1. The van der Waals surface area contributed by atoms with Crippen LogP contribution in [0.3, 0.4) is 0 Å². The minimum Gasteiger partial charge on any atom is -0.356 e. The zero-order chi connectivity index (χ0) is 16.3. The first-order valence-electron chi connectivity index (χ1n) is 7.27. The quantitative estimate of drug-likeness (QED) is 0.699. The molecule has 0 aliphatic rings. The average molecular weight is 377 g/mol. The Labute approximate surface area is 146 Å². The van der Waals surface area contributed by atoms with E-state index in [1.54, 1.807) is 0 Å². The number of hydrogen-bond acceptors (Lipinski definition) is 1. The SMILES string of the molecule is Cc1ccc([C@H](C)NC(=S)Nc2ccc(Br)c(C)c2)c(C)c1. The van der Waals surface area contributed by atoms with E-state index in [1.807, 2.05) is 12.1 Å². The maximum absolute atomic E-state index is 5.42.